The van der Waals surface area contributed by atoms with Crippen molar-refractivity contribution in [3.63, 3.8) is 0 Å². The van der Waals surface area contributed by atoms with E-state index < -0.39 is 27.3 Å². The first kappa shape index (κ1) is 40.4. The minimum atomic E-state index is -3.19. The van der Waals surface area contributed by atoms with Crippen LogP contribution in [-0.4, -0.2) is 56.5 Å². The largest absolute Gasteiger partial charge is 0.494 e. The van der Waals surface area contributed by atoms with Crippen molar-refractivity contribution < 1.29 is 37.1 Å². The van der Waals surface area contributed by atoms with Gasteiger partial charge in [0.25, 0.3) is 0 Å². The number of nitrogens with two attached hydrogens (primary N) is 3. The van der Waals surface area contributed by atoms with E-state index in [1.807, 2.05) is 58.9 Å². The Labute approximate surface area is 246 Å². The van der Waals surface area contributed by atoms with Crippen LogP contribution in [0.2, 0.25) is 0 Å². The average molecular weight is 605 g/mol. The number of esters is 1. The topological polar surface area (TPSA) is 196 Å². The molecule has 0 aliphatic heterocycles. The zero-order valence-corrected chi connectivity index (χ0v) is 27.0. The van der Waals surface area contributed by atoms with Gasteiger partial charge in [0.1, 0.15) is 22.8 Å². The molecule has 0 aliphatic rings. The van der Waals surface area contributed by atoms with Gasteiger partial charge in [0.2, 0.25) is 10.0 Å². The summed E-state index contributed by atoms with van der Waals surface area (Å²) in [6.07, 6.45) is 2.29. The number of benzene rings is 1. The molecular formula is C28H52N4O8S. The van der Waals surface area contributed by atoms with Crippen molar-refractivity contribution in [1.29, 1.82) is 0 Å². The highest BCUT2D eigenvalue weighted by Gasteiger charge is 2.21. The zero-order valence-electron chi connectivity index (χ0n) is 26.2. The van der Waals surface area contributed by atoms with Gasteiger partial charge in [-0.15, -0.1) is 0 Å². The van der Waals surface area contributed by atoms with Gasteiger partial charge in [-0.1, -0.05) is 32.4 Å². The number of carbonyl (C=O) groups is 2. The fourth-order valence-corrected chi connectivity index (χ4v) is 3.36. The molecule has 0 radical (unpaired) electrons. The summed E-state index contributed by atoms with van der Waals surface area (Å²) in [7, 11) is -3.19. The highest BCUT2D eigenvalue weighted by molar-refractivity contribution is 7.89. The third-order valence-corrected chi connectivity index (χ3v) is 5.25. The van der Waals surface area contributed by atoms with Crippen LogP contribution in [-0.2, 0) is 35.5 Å². The average Bonchev–Trinajstić information content (AvgIpc) is 2.79. The van der Waals surface area contributed by atoms with Crippen molar-refractivity contribution in [1.82, 2.24) is 0 Å². The second kappa shape index (κ2) is 20.2. The van der Waals surface area contributed by atoms with E-state index in [0.717, 1.165) is 24.2 Å². The Hall–Kier alpha value is -2.74. The first-order valence-electron chi connectivity index (χ1n) is 13.5. The summed E-state index contributed by atoms with van der Waals surface area (Å²) in [6, 6.07) is 7.74. The number of hydrogen-bond acceptors (Lipinski definition) is 9. The maximum Gasteiger partial charge on any atom is 0.435 e. The maximum atomic E-state index is 12.0. The highest BCUT2D eigenvalue weighted by Crippen LogP contribution is 2.18. The number of ether oxygens (including phenoxy) is 3. The number of hydrogen-bond donors (Lipinski definition) is 3. The van der Waals surface area contributed by atoms with Gasteiger partial charge in [0.15, 0.2) is 0 Å². The summed E-state index contributed by atoms with van der Waals surface area (Å²) >= 11 is 0. The summed E-state index contributed by atoms with van der Waals surface area (Å²) in [5, 5.41) is 4.69. The monoisotopic (exact) mass is 604 g/mol. The van der Waals surface area contributed by atoms with Crippen molar-refractivity contribution in [3.8, 4) is 5.75 Å². The molecule has 0 aromatic heterocycles. The van der Waals surface area contributed by atoms with Gasteiger partial charge >= 0.3 is 12.1 Å². The normalized spacial score (nSPS) is 12.6. The predicted octanol–water partition coefficient (Wildman–Crippen LogP) is 4.24. The fourth-order valence-electron chi connectivity index (χ4n) is 2.67. The molecule has 12 nitrogen and oxygen atoms in total. The van der Waals surface area contributed by atoms with E-state index in [2.05, 4.69) is 9.83 Å². The molecule has 0 unspecified atom stereocenters. The van der Waals surface area contributed by atoms with Gasteiger partial charge in [0, 0.05) is 6.42 Å². The lowest BCUT2D eigenvalue weighted by atomic mass is 10.0. The van der Waals surface area contributed by atoms with E-state index in [0.29, 0.717) is 26.1 Å². The van der Waals surface area contributed by atoms with Crippen LogP contribution >= 0.6 is 0 Å². The molecule has 41 heavy (non-hydrogen) atoms. The summed E-state index contributed by atoms with van der Waals surface area (Å²) in [5.41, 5.74) is 5.29. The Morgan fingerprint density at radius 3 is 1.88 bits per heavy atom. The first-order valence-corrected chi connectivity index (χ1v) is 15.2. The SMILES string of the molecule is C/C(N)=N\C(=O)OC(C)(C)C.CCCCS(N)(=O)=O.C[C@@H](Cc1ccc(OCCCON)cc1)C(=O)OC(C)(C)C. The Kier molecular flexibility index (Phi) is 19.9. The molecule has 0 spiro atoms. The van der Waals surface area contributed by atoms with E-state index in [4.69, 9.17) is 31.0 Å². The van der Waals surface area contributed by atoms with Crippen LogP contribution in [0.4, 0.5) is 4.79 Å². The lowest BCUT2D eigenvalue weighted by Gasteiger charge is -2.22. The molecule has 0 bridgehead atoms. The molecule has 238 valence electrons. The van der Waals surface area contributed by atoms with Crippen LogP contribution in [0.3, 0.4) is 0 Å². The fraction of sp³-hybridized carbons (Fsp3) is 0.679. The lowest BCUT2D eigenvalue weighted by molar-refractivity contribution is -0.159. The smallest absolute Gasteiger partial charge is 0.435 e. The molecule has 0 saturated heterocycles. The second-order valence-corrected chi connectivity index (χ2v) is 13.0. The number of unbranched alkanes of at least 4 members (excludes halogenated alkanes) is 1. The van der Waals surface area contributed by atoms with Crippen molar-refractivity contribution in [2.24, 2.45) is 27.7 Å². The summed E-state index contributed by atoms with van der Waals surface area (Å²) in [5.74, 6) is 5.72. The number of nitrogens with zero attached hydrogens (tertiary/aromatic N) is 1. The molecule has 0 aliphatic carbocycles. The van der Waals surface area contributed by atoms with Crippen LogP contribution in [0.15, 0.2) is 29.3 Å². The van der Waals surface area contributed by atoms with Crippen molar-refractivity contribution in [2.75, 3.05) is 19.0 Å². The molecule has 1 amide bonds. The van der Waals surface area contributed by atoms with Gasteiger partial charge < -0.3 is 24.8 Å². The Morgan fingerprint density at radius 2 is 1.49 bits per heavy atom. The molecule has 1 aromatic carbocycles. The third-order valence-electron chi connectivity index (χ3n) is 4.39. The molecule has 1 aromatic rings. The molecule has 13 heteroatoms. The van der Waals surface area contributed by atoms with Crippen molar-refractivity contribution in [2.45, 2.75) is 99.2 Å². The summed E-state index contributed by atoms with van der Waals surface area (Å²) in [6.45, 7) is 17.3. The molecule has 1 rings (SSSR count). The predicted molar refractivity (Wildman–Crippen MR) is 162 cm³/mol. The number of amides is 1. The molecule has 0 heterocycles. The van der Waals surface area contributed by atoms with Crippen LogP contribution in [0.25, 0.3) is 0 Å². The van der Waals surface area contributed by atoms with Crippen LogP contribution in [0.1, 0.15) is 87.1 Å². The highest BCUT2D eigenvalue weighted by atomic mass is 32.2. The molecular weight excluding hydrogens is 552 g/mol. The number of amidine groups is 1. The lowest BCUT2D eigenvalue weighted by Crippen LogP contribution is -2.28. The van der Waals surface area contributed by atoms with E-state index in [1.54, 1.807) is 20.8 Å². The second-order valence-electron chi connectivity index (χ2n) is 11.3. The molecule has 6 N–H and O–H groups in total. The van der Waals surface area contributed by atoms with E-state index >= 15 is 0 Å². The number of rotatable bonds is 11. The minimum Gasteiger partial charge on any atom is -0.494 e. The Bertz CT molecular complexity index is 1010. The number of carbonyl (C=O) groups excluding carboxylic acids is 2. The molecule has 0 saturated carbocycles. The van der Waals surface area contributed by atoms with Gasteiger partial charge in [-0.05, 0) is 79.0 Å². The maximum absolute atomic E-state index is 12.0. The standard InChI is InChI=1S/C17H27NO4.C7H14N2O2.C4H11NO2S/c1-13(16(19)22-17(2,3)4)12-14-6-8-15(9-7-14)20-10-5-11-21-18;1-5(8)9-6(10)11-7(2,3)4;1-2-3-4-8(5,6)7/h6-9,13H,5,10-12,18H2,1-4H3;1-4H3,(H2,8,9,10);2-4H2,1H3,(H2,5,6,7)/t13-;;/m0../s1. The van der Waals surface area contributed by atoms with E-state index in [1.165, 1.54) is 6.92 Å². The quantitative estimate of drug-likeness (QED) is 0.108. The van der Waals surface area contributed by atoms with Gasteiger partial charge in [-0.3, -0.25) is 4.79 Å². The minimum absolute atomic E-state index is 0.115. The van der Waals surface area contributed by atoms with Crippen molar-refractivity contribution in [3.05, 3.63) is 29.8 Å². The number of aliphatic imine (C=N–C) groups is 1. The van der Waals surface area contributed by atoms with Gasteiger partial charge in [-0.2, -0.15) is 4.99 Å². The van der Waals surface area contributed by atoms with Gasteiger partial charge in [0.05, 0.1) is 24.9 Å². The Morgan fingerprint density at radius 1 is 0.951 bits per heavy atom. The summed E-state index contributed by atoms with van der Waals surface area (Å²) < 4.78 is 36.1. The Balaban J connectivity index is 0. The molecule has 0 fully saturated rings. The van der Waals surface area contributed by atoms with Gasteiger partial charge in [-0.25, -0.2) is 24.2 Å². The number of primary sulfonamides is 1. The zero-order chi connectivity index (χ0) is 32.3. The summed E-state index contributed by atoms with van der Waals surface area (Å²) in [4.78, 5) is 30.6. The number of sulfonamides is 1. The third kappa shape index (κ3) is 28.6. The van der Waals surface area contributed by atoms with E-state index in [9.17, 15) is 18.0 Å². The van der Waals surface area contributed by atoms with Crippen LogP contribution in [0.5, 0.6) is 5.75 Å². The first-order chi connectivity index (χ1) is 18.7. The van der Waals surface area contributed by atoms with Crippen LogP contribution in [0, 0.1) is 5.92 Å². The van der Waals surface area contributed by atoms with Crippen LogP contribution < -0.4 is 21.5 Å². The molecule has 1 atom stereocenters. The van der Waals surface area contributed by atoms with Crippen molar-refractivity contribution >= 4 is 27.9 Å². The van der Waals surface area contributed by atoms with E-state index in [-0.39, 0.29) is 23.5 Å².